The van der Waals surface area contributed by atoms with E-state index in [9.17, 15) is 14.4 Å². The van der Waals surface area contributed by atoms with Gasteiger partial charge in [0.2, 0.25) is 5.91 Å². The molecule has 1 N–H and O–H groups in total. The number of hydrogen-bond acceptors (Lipinski definition) is 5. The minimum absolute atomic E-state index is 0.0526. The lowest BCUT2D eigenvalue weighted by Gasteiger charge is -2.52. The van der Waals surface area contributed by atoms with Crippen molar-refractivity contribution in [2.24, 2.45) is 11.8 Å². The van der Waals surface area contributed by atoms with Gasteiger partial charge in [-0.15, -0.1) is 0 Å². The molecular weight excluding hydrogens is 504 g/mol. The molecule has 7 nitrogen and oxygen atoms in total. The maximum absolute atomic E-state index is 13.6. The monoisotopic (exact) mass is 540 g/mol. The molecular formula is C33H36N2O5. The van der Waals surface area contributed by atoms with Crippen LogP contribution >= 0.6 is 0 Å². The van der Waals surface area contributed by atoms with E-state index in [1.807, 2.05) is 75.4 Å². The number of nitrogens with zero attached hydrogens (tertiary/aromatic N) is 1. The molecule has 208 valence electrons. The first-order valence-corrected chi connectivity index (χ1v) is 13.9. The molecule has 40 heavy (non-hydrogen) atoms. The molecule has 2 aliphatic rings. The van der Waals surface area contributed by atoms with Crippen molar-refractivity contribution in [2.75, 3.05) is 13.7 Å². The second kappa shape index (κ2) is 11.5. The Kier molecular flexibility index (Phi) is 7.92. The van der Waals surface area contributed by atoms with Crippen molar-refractivity contribution in [2.45, 2.75) is 51.2 Å². The number of rotatable bonds is 9. The molecule has 3 aromatic carbocycles. The van der Waals surface area contributed by atoms with Crippen molar-refractivity contribution in [3.63, 3.8) is 0 Å². The normalized spacial score (nSPS) is 19.3. The fraction of sp³-hybridized carbons (Fsp3) is 0.364. The smallest absolute Gasteiger partial charge is 0.407 e. The highest BCUT2D eigenvalue weighted by molar-refractivity contribution is 5.92. The van der Waals surface area contributed by atoms with Crippen LogP contribution in [0.25, 0.3) is 11.1 Å². The minimum Gasteiger partial charge on any atom is -0.467 e. The highest BCUT2D eigenvalue weighted by Crippen LogP contribution is 2.46. The molecule has 0 aromatic heterocycles. The zero-order valence-electron chi connectivity index (χ0n) is 23.4. The summed E-state index contributed by atoms with van der Waals surface area (Å²) >= 11 is 0. The Morgan fingerprint density at radius 1 is 0.875 bits per heavy atom. The molecule has 1 heterocycles. The lowest BCUT2D eigenvalue weighted by molar-refractivity contribution is -0.174. The Balaban J connectivity index is 1.30. The van der Waals surface area contributed by atoms with E-state index < -0.39 is 30.1 Å². The number of fused-ring (bicyclic) bond motifs is 3. The number of amides is 2. The first kappa shape index (κ1) is 27.4. The van der Waals surface area contributed by atoms with Gasteiger partial charge in [0.1, 0.15) is 12.6 Å². The third kappa shape index (κ3) is 5.08. The van der Waals surface area contributed by atoms with Crippen LogP contribution in [-0.2, 0) is 19.1 Å². The van der Waals surface area contributed by atoms with Gasteiger partial charge < -0.3 is 19.7 Å². The van der Waals surface area contributed by atoms with E-state index in [1.165, 1.54) is 7.11 Å². The Bertz CT molecular complexity index is 1340. The second-order valence-corrected chi connectivity index (χ2v) is 11.1. The summed E-state index contributed by atoms with van der Waals surface area (Å²) in [5.74, 6) is -1.02. The zero-order chi connectivity index (χ0) is 28.4. The van der Waals surface area contributed by atoms with Crippen LogP contribution in [0.1, 0.15) is 55.8 Å². The van der Waals surface area contributed by atoms with Gasteiger partial charge in [-0.1, -0.05) is 92.7 Å². The molecule has 0 unspecified atom stereocenters. The molecule has 1 aliphatic heterocycles. The maximum Gasteiger partial charge on any atom is 0.407 e. The van der Waals surface area contributed by atoms with Crippen molar-refractivity contribution in [3.05, 3.63) is 95.6 Å². The van der Waals surface area contributed by atoms with Crippen molar-refractivity contribution in [3.8, 4) is 11.1 Å². The number of nitrogens with one attached hydrogen (secondary N) is 1. The second-order valence-electron chi connectivity index (χ2n) is 11.1. The van der Waals surface area contributed by atoms with Crippen LogP contribution in [0.2, 0.25) is 0 Å². The number of ether oxygens (including phenoxy) is 2. The SMILES string of the molecule is COC(=O)[C@H](CC(C)C)N1C(=O)[C@@H]([C@H](C)NC(=O)OCC2c3ccccc3-c3ccccc32)[C@@H]1c1ccccc1. The van der Waals surface area contributed by atoms with Crippen LogP contribution in [-0.4, -0.2) is 48.7 Å². The average molecular weight is 541 g/mol. The molecule has 1 saturated heterocycles. The summed E-state index contributed by atoms with van der Waals surface area (Å²) in [5, 5.41) is 2.90. The number of hydrogen-bond donors (Lipinski definition) is 1. The number of alkyl carbamates (subject to hydrolysis) is 1. The number of likely N-dealkylation sites (tertiary alicyclic amines) is 1. The first-order chi connectivity index (χ1) is 19.3. The van der Waals surface area contributed by atoms with E-state index in [4.69, 9.17) is 9.47 Å². The predicted molar refractivity (Wildman–Crippen MR) is 152 cm³/mol. The van der Waals surface area contributed by atoms with Crippen LogP contribution in [0.3, 0.4) is 0 Å². The van der Waals surface area contributed by atoms with Crippen molar-refractivity contribution in [1.29, 1.82) is 0 Å². The van der Waals surface area contributed by atoms with Gasteiger partial charge >= 0.3 is 12.1 Å². The molecule has 0 radical (unpaired) electrons. The van der Waals surface area contributed by atoms with Gasteiger partial charge in [0.25, 0.3) is 0 Å². The van der Waals surface area contributed by atoms with Gasteiger partial charge in [-0.3, -0.25) is 4.79 Å². The van der Waals surface area contributed by atoms with Crippen molar-refractivity contribution >= 4 is 18.0 Å². The summed E-state index contributed by atoms with van der Waals surface area (Å²) < 4.78 is 10.8. The standard InChI is InChI=1S/C33H36N2O5/c1-20(2)18-28(32(37)39-4)35-30(22-12-6-5-7-13-22)29(31(35)36)21(3)34-33(38)40-19-27-25-16-10-8-14-23(25)24-15-9-11-17-26(24)27/h5-17,20-21,27-30H,18-19H2,1-4H3,(H,34,38)/t21-,28-,29-,30-/m0/s1. The summed E-state index contributed by atoms with van der Waals surface area (Å²) in [4.78, 5) is 41.0. The largest absolute Gasteiger partial charge is 0.467 e. The summed E-state index contributed by atoms with van der Waals surface area (Å²) in [6, 6.07) is 24.4. The predicted octanol–water partition coefficient (Wildman–Crippen LogP) is 5.70. The molecule has 4 atom stereocenters. The highest BCUT2D eigenvalue weighted by Gasteiger charge is 2.55. The Hall–Kier alpha value is -4.13. The van der Waals surface area contributed by atoms with Crippen molar-refractivity contribution < 1.29 is 23.9 Å². The number of esters is 1. The molecule has 3 aromatic rings. The van der Waals surface area contributed by atoms with Gasteiger partial charge in [-0.25, -0.2) is 9.59 Å². The van der Waals surface area contributed by atoms with Crippen LogP contribution in [0, 0.1) is 11.8 Å². The first-order valence-electron chi connectivity index (χ1n) is 13.9. The topological polar surface area (TPSA) is 84.9 Å². The van der Waals surface area contributed by atoms with E-state index in [1.54, 1.807) is 4.90 Å². The molecule has 0 bridgehead atoms. The van der Waals surface area contributed by atoms with Gasteiger partial charge in [-0.05, 0) is 47.1 Å². The van der Waals surface area contributed by atoms with Gasteiger partial charge in [-0.2, -0.15) is 0 Å². The summed E-state index contributed by atoms with van der Waals surface area (Å²) in [5.41, 5.74) is 5.50. The van der Waals surface area contributed by atoms with Gasteiger partial charge in [0.15, 0.2) is 0 Å². The molecule has 5 rings (SSSR count). The van der Waals surface area contributed by atoms with E-state index in [-0.39, 0.29) is 30.4 Å². The van der Waals surface area contributed by atoms with Crippen LogP contribution < -0.4 is 5.32 Å². The Morgan fingerprint density at radius 2 is 1.45 bits per heavy atom. The number of β-lactam (4-membered cyclic amide) rings is 1. The van der Waals surface area contributed by atoms with E-state index in [0.717, 1.165) is 27.8 Å². The summed E-state index contributed by atoms with van der Waals surface area (Å²) in [6.07, 6.45) is -0.0815. The molecule has 1 fully saturated rings. The van der Waals surface area contributed by atoms with Crippen LogP contribution in [0.15, 0.2) is 78.9 Å². The van der Waals surface area contributed by atoms with E-state index >= 15 is 0 Å². The number of methoxy groups -OCH3 is 1. The average Bonchev–Trinajstić information content (AvgIpc) is 3.27. The van der Waals surface area contributed by atoms with Gasteiger partial charge in [0, 0.05) is 12.0 Å². The van der Waals surface area contributed by atoms with E-state index in [0.29, 0.717) is 6.42 Å². The lowest BCUT2D eigenvalue weighted by Crippen LogP contribution is -2.66. The molecule has 0 saturated carbocycles. The fourth-order valence-corrected chi connectivity index (χ4v) is 6.21. The lowest BCUT2D eigenvalue weighted by atomic mass is 9.76. The number of carbonyl (C=O) groups excluding carboxylic acids is 3. The molecule has 7 heteroatoms. The maximum atomic E-state index is 13.6. The Morgan fingerprint density at radius 3 is 2.02 bits per heavy atom. The van der Waals surface area contributed by atoms with E-state index in [2.05, 4.69) is 29.6 Å². The number of carbonyl (C=O) groups is 3. The minimum atomic E-state index is -0.694. The van der Waals surface area contributed by atoms with Crippen molar-refractivity contribution in [1.82, 2.24) is 10.2 Å². The third-order valence-corrected chi connectivity index (χ3v) is 8.05. The van der Waals surface area contributed by atoms with Crippen LogP contribution in [0.5, 0.6) is 0 Å². The zero-order valence-corrected chi connectivity index (χ0v) is 23.4. The summed E-state index contributed by atoms with van der Waals surface area (Å²) in [6.45, 7) is 6.03. The molecule has 0 spiro atoms. The molecule has 1 aliphatic carbocycles. The fourth-order valence-electron chi connectivity index (χ4n) is 6.21. The highest BCUT2D eigenvalue weighted by atomic mass is 16.5. The van der Waals surface area contributed by atoms with Crippen LogP contribution in [0.4, 0.5) is 4.79 Å². The summed E-state index contributed by atoms with van der Waals surface area (Å²) in [7, 11) is 1.34. The quantitative estimate of drug-likeness (QED) is 0.278. The number of benzene rings is 3. The molecule has 2 amide bonds. The third-order valence-electron chi connectivity index (χ3n) is 8.05. The van der Waals surface area contributed by atoms with Gasteiger partial charge in [0.05, 0.1) is 19.1 Å². The Labute approximate surface area is 235 Å².